The van der Waals surface area contributed by atoms with Gasteiger partial charge in [0.15, 0.2) is 11.6 Å². The third-order valence-electron chi connectivity index (χ3n) is 6.75. The molecule has 0 unspecified atom stereocenters. The van der Waals surface area contributed by atoms with Gasteiger partial charge in [0, 0.05) is 24.1 Å². The topological polar surface area (TPSA) is 43.8 Å². The van der Waals surface area contributed by atoms with Crippen LogP contribution in [0, 0.1) is 17.6 Å². The van der Waals surface area contributed by atoms with E-state index in [1.165, 1.54) is 12.1 Å². The molecule has 4 fully saturated rings. The van der Waals surface area contributed by atoms with Crippen LogP contribution in [-0.4, -0.2) is 52.5 Å². The molecule has 2 bridgehead atoms. The molecule has 2 aromatic rings. The molecule has 4 aliphatic heterocycles. The van der Waals surface area contributed by atoms with E-state index < -0.39 is 11.6 Å². The third-order valence-corrected chi connectivity index (χ3v) is 6.75. The van der Waals surface area contributed by atoms with E-state index in [9.17, 15) is 18.7 Å². The Morgan fingerprint density at radius 2 is 1.71 bits per heavy atom. The number of phenolic OH excluding ortho intramolecular Hbond substituents is 1. The highest BCUT2D eigenvalue weighted by molar-refractivity contribution is 5.95. The molecule has 28 heavy (non-hydrogen) atoms. The first kappa shape index (κ1) is 17.6. The normalized spacial score (nSPS) is 31.1. The minimum absolute atomic E-state index is 0.0106. The Morgan fingerprint density at radius 1 is 1.00 bits per heavy atom. The van der Waals surface area contributed by atoms with E-state index in [0.717, 1.165) is 32.0 Å². The molecular weight excluding hydrogens is 362 g/mol. The van der Waals surface area contributed by atoms with Gasteiger partial charge in [0.05, 0.1) is 6.04 Å². The lowest BCUT2D eigenvalue weighted by molar-refractivity contribution is -0.00359. The van der Waals surface area contributed by atoms with Crippen LogP contribution in [0.4, 0.5) is 8.78 Å². The number of nitrogens with zero attached hydrogens (tertiary/aromatic N) is 2. The standard InChI is InChI=1S/C22H22F2N2O2/c23-18-3-1-2-16(19(18)24)17-12-26(22(28)14-4-6-15(27)7-5-14)20-13-8-10-25(11-9-13)21(17)20/h1-7,13,17,20-21,27H,8-12H2/t17-,20+,21+/m1/s1. The first-order valence-corrected chi connectivity index (χ1v) is 9.82. The Kier molecular flexibility index (Phi) is 4.12. The molecule has 4 heterocycles. The molecule has 0 saturated carbocycles. The van der Waals surface area contributed by atoms with Gasteiger partial charge >= 0.3 is 0 Å². The molecule has 4 saturated heterocycles. The van der Waals surface area contributed by atoms with Crippen molar-refractivity contribution in [2.24, 2.45) is 5.92 Å². The summed E-state index contributed by atoms with van der Waals surface area (Å²) in [5.41, 5.74) is 0.872. The van der Waals surface area contributed by atoms with Gasteiger partial charge < -0.3 is 10.0 Å². The van der Waals surface area contributed by atoms with Crippen LogP contribution in [0.2, 0.25) is 0 Å². The molecule has 146 valence electrons. The molecule has 2 aromatic carbocycles. The maximum Gasteiger partial charge on any atom is 0.254 e. The number of phenols is 1. The van der Waals surface area contributed by atoms with Crippen LogP contribution in [0.15, 0.2) is 42.5 Å². The highest BCUT2D eigenvalue weighted by Gasteiger charge is 2.55. The van der Waals surface area contributed by atoms with Crippen LogP contribution in [0.25, 0.3) is 0 Å². The lowest BCUT2D eigenvalue weighted by atomic mass is 9.75. The van der Waals surface area contributed by atoms with Crippen molar-refractivity contribution in [3.63, 3.8) is 0 Å². The van der Waals surface area contributed by atoms with Crippen molar-refractivity contribution in [1.82, 2.24) is 9.80 Å². The number of halogens is 2. The number of carbonyl (C=O) groups is 1. The molecule has 0 aromatic heterocycles. The monoisotopic (exact) mass is 384 g/mol. The summed E-state index contributed by atoms with van der Waals surface area (Å²) in [6, 6.07) is 10.6. The molecule has 6 heteroatoms. The number of amides is 1. The zero-order valence-electron chi connectivity index (χ0n) is 15.4. The molecule has 1 N–H and O–H groups in total. The van der Waals surface area contributed by atoms with Gasteiger partial charge in [0.25, 0.3) is 5.91 Å². The second-order valence-electron chi connectivity index (χ2n) is 8.11. The maximum absolute atomic E-state index is 14.6. The Hall–Kier alpha value is -2.47. The molecule has 4 nitrogen and oxygen atoms in total. The van der Waals surface area contributed by atoms with Crippen molar-refractivity contribution in [1.29, 1.82) is 0 Å². The van der Waals surface area contributed by atoms with Crippen LogP contribution >= 0.6 is 0 Å². The van der Waals surface area contributed by atoms with Crippen LogP contribution in [0.5, 0.6) is 5.75 Å². The summed E-state index contributed by atoms with van der Waals surface area (Å²) in [6.07, 6.45) is 2.05. The van der Waals surface area contributed by atoms with Crippen molar-refractivity contribution in [2.45, 2.75) is 30.8 Å². The van der Waals surface area contributed by atoms with Gasteiger partial charge in [-0.3, -0.25) is 9.69 Å². The number of benzene rings is 2. The van der Waals surface area contributed by atoms with Crippen LogP contribution in [0.3, 0.4) is 0 Å². The fourth-order valence-corrected chi connectivity index (χ4v) is 5.50. The van der Waals surface area contributed by atoms with E-state index in [2.05, 4.69) is 4.90 Å². The van der Waals surface area contributed by atoms with Gasteiger partial charge in [-0.05, 0) is 67.7 Å². The lowest BCUT2D eigenvalue weighted by Gasteiger charge is -2.51. The summed E-state index contributed by atoms with van der Waals surface area (Å²) in [5.74, 6) is -1.50. The molecular formula is C22H22F2N2O2. The smallest absolute Gasteiger partial charge is 0.254 e. The van der Waals surface area contributed by atoms with Crippen molar-refractivity contribution in [2.75, 3.05) is 19.6 Å². The molecule has 0 aliphatic carbocycles. The number of carbonyl (C=O) groups excluding carboxylic acids is 1. The minimum Gasteiger partial charge on any atom is -0.508 e. The van der Waals surface area contributed by atoms with Crippen LogP contribution in [0.1, 0.15) is 34.7 Å². The average molecular weight is 384 g/mol. The van der Waals surface area contributed by atoms with Gasteiger partial charge in [0.1, 0.15) is 5.75 Å². The third kappa shape index (κ3) is 2.62. The number of aromatic hydroxyl groups is 1. The van der Waals surface area contributed by atoms with Gasteiger partial charge in [-0.15, -0.1) is 0 Å². The Labute approximate surface area is 162 Å². The summed E-state index contributed by atoms with van der Waals surface area (Å²) in [5, 5.41) is 9.52. The van der Waals surface area contributed by atoms with E-state index >= 15 is 0 Å². The lowest BCUT2D eigenvalue weighted by Crippen LogP contribution is -2.60. The Balaban J connectivity index is 1.55. The summed E-state index contributed by atoms with van der Waals surface area (Å²) >= 11 is 0. The first-order valence-electron chi connectivity index (χ1n) is 9.82. The summed E-state index contributed by atoms with van der Waals surface area (Å²) in [4.78, 5) is 17.5. The second-order valence-corrected chi connectivity index (χ2v) is 8.11. The van der Waals surface area contributed by atoms with E-state index in [1.807, 2.05) is 4.90 Å². The van der Waals surface area contributed by atoms with Crippen molar-refractivity contribution >= 4 is 5.91 Å². The molecule has 0 radical (unpaired) electrons. The predicted octanol–water partition coefficient (Wildman–Crippen LogP) is 3.37. The van der Waals surface area contributed by atoms with Crippen LogP contribution < -0.4 is 0 Å². The van der Waals surface area contributed by atoms with Gasteiger partial charge in [-0.2, -0.15) is 0 Å². The SMILES string of the molecule is O=C(c1ccc(O)cc1)N1C[C@H](c2cccc(F)c2F)[C@H]2[C@@H]1C1CCN2CC1. The number of likely N-dealkylation sites (tertiary alicyclic amines) is 1. The summed E-state index contributed by atoms with van der Waals surface area (Å²) < 4.78 is 28.5. The zero-order valence-corrected chi connectivity index (χ0v) is 15.4. The number of hydrogen-bond donors (Lipinski definition) is 1. The van der Waals surface area contributed by atoms with Crippen molar-refractivity contribution in [3.8, 4) is 5.75 Å². The van der Waals surface area contributed by atoms with Crippen molar-refractivity contribution < 1.29 is 18.7 Å². The zero-order chi connectivity index (χ0) is 19.4. The van der Waals surface area contributed by atoms with E-state index in [0.29, 0.717) is 23.6 Å². The predicted molar refractivity (Wildman–Crippen MR) is 100 cm³/mol. The van der Waals surface area contributed by atoms with E-state index in [4.69, 9.17) is 0 Å². The highest BCUT2D eigenvalue weighted by atomic mass is 19.2. The molecule has 3 atom stereocenters. The maximum atomic E-state index is 14.6. The minimum atomic E-state index is -0.840. The number of rotatable bonds is 2. The highest BCUT2D eigenvalue weighted by Crippen LogP contribution is 2.47. The second kappa shape index (κ2) is 6.55. The average Bonchev–Trinajstić information content (AvgIpc) is 3.14. The number of piperidine rings is 3. The molecule has 6 rings (SSSR count). The van der Waals surface area contributed by atoms with Gasteiger partial charge in [0.2, 0.25) is 0 Å². The number of hydrogen-bond acceptors (Lipinski definition) is 3. The fourth-order valence-electron chi connectivity index (χ4n) is 5.50. The van der Waals surface area contributed by atoms with E-state index in [1.54, 1.807) is 24.3 Å². The fraction of sp³-hybridized carbons (Fsp3) is 0.409. The largest absolute Gasteiger partial charge is 0.508 e. The Morgan fingerprint density at radius 3 is 2.43 bits per heavy atom. The summed E-state index contributed by atoms with van der Waals surface area (Å²) in [7, 11) is 0. The summed E-state index contributed by atoms with van der Waals surface area (Å²) in [6.45, 7) is 2.27. The van der Waals surface area contributed by atoms with Crippen molar-refractivity contribution in [3.05, 3.63) is 65.2 Å². The van der Waals surface area contributed by atoms with Crippen LogP contribution in [-0.2, 0) is 0 Å². The molecule has 1 amide bonds. The number of fused-ring (bicyclic) bond motifs is 2. The quantitative estimate of drug-likeness (QED) is 0.863. The van der Waals surface area contributed by atoms with Gasteiger partial charge in [-0.25, -0.2) is 8.78 Å². The Bertz CT molecular complexity index is 909. The first-order chi connectivity index (χ1) is 13.5. The van der Waals surface area contributed by atoms with E-state index in [-0.39, 0.29) is 29.7 Å². The van der Waals surface area contributed by atoms with Gasteiger partial charge in [-0.1, -0.05) is 12.1 Å². The molecule has 4 aliphatic rings. The molecule has 0 spiro atoms.